The zero-order chi connectivity index (χ0) is 23.0. The van der Waals surface area contributed by atoms with Crippen molar-refractivity contribution in [1.29, 1.82) is 0 Å². The third kappa shape index (κ3) is 9.97. The molecule has 0 bridgehead atoms. The second-order valence-corrected chi connectivity index (χ2v) is 9.00. The fourth-order valence-electron chi connectivity index (χ4n) is 4.04. The van der Waals surface area contributed by atoms with Crippen LogP contribution in [0.15, 0.2) is 29.4 Å². The summed E-state index contributed by atoms with van der Waals surface area (Å²) in [5.41, 5.74) is 1.98. The van der Waals surface area contributed by atoms with Crippen LogP contribution in [0.5, 0.6) is 0 Å². The SMILES string of the molecule is CCCCCCCCCCCCCCCCOC(=O)c1ccc(N2N=C(C)CC2=O)cc1. The van der Waals surface area contributed by atoms with Gasteiger partial charge in [0.05, 0.1) is 24.3 Å². The highest BCUT2D eigenvalue weighted by molar-refractivity contribution is 6.12. The molecule has 0 atom stereocenters. The average Bonchev–Trinajstić information content (AvgIpc) is 3.14. The lowest BCUT2D eigenvalue weighted by atomic mass is 10.0. The quantitative estimate of drug-likeness (QED) is 0.186. The van der Waals surface area contributed by atoms with Crippen LogP contribution in [0, 0.1) is 0 Å². The number of rotatable bonds is 17. The van der Waals surface area contributed by atoms with Gasteiger partial charge in [-0.05, 0) is 37.6 Å². The number of ether oxygens (including phenoxy) is 1. The Bertz CT molecular complexity index is 712. The Balaban J connectivity index is 1.45. The smallest absolute Gasteiger partial charge is 0.338 e. The van der Waals surface area contributed by atoms with Crippen molar-refractivity contribution in [1.82, 2.24) is 0 Å². The van der Waals surface area contributed by atoms with E-state index in [1.54, 1.807) is 24.3 Å². The Hall–Kier alpha value is -2.17. The maximum absolute atomic E-state index is 12.2. The van der Waals surface area contributed by atoms with E-state index in [9.17, 15) is 9.59 Å². The Morgan fingerprint density at radius 3 is 1.81 bits per heavy atom. The molecule has 0 N–H and O–H groups in total. The van der Waals surface area contributed by atoms with E-state index in [2.05, 4.69) is 12.0 Å². The normalized spacial score (nSPS) is 13.5. The molecule has 1 heterocycles. The molecule has 0 saturated heterocycles. The second kappa shape index (κ2) is 15.6. The van der Waals surface area contributed by atoms with Crippen LogP contribution in [0.1, 0.15) is 121 Å². The molecule has 5 heteroatoms. The number of nitrogens with zero attached hydrogens (tertiary/aromatic N) is 2. The Morgan fingerprint density at radius 1 is 0.844 bits per heavy atom. The van der Waals surface area contributed by atoms with Crippen molar-refractivity contribution in [3.63, 3.8) is 0 Å². The summed E-state index contributed by atoms with van der Waals surface area (Å²) in [4.78, 5) is 24.1. The molecule has 5 nitrogen and oxygen atoms in total. The van der Waals surface area contributed by atoms with Crippen LogP contribution >= 0.6 is 0 Å². The summed E-state index contributed by atoms with van der Waals surface area (Å²) < 4.78 is 5.39. The van der Waals surface area contributed by atoms with E-state index in [-0.39, 0.29) is 11.9 Å². The fraction of sp³-hybridized carbons (Fsp3) is 0.667. The van der Waals surface area contributed by atoms with Crippen molar-refractivity contribution < 1.29 is 14.3 Å². The molecule has 0 aromatic heterocycles. The van der Waals surface area contributed by atoms with Gasteiger partial charge in [-0.2, -0.15) is 5.10 Å². The van der Waals surface area contributed by atoms with Gasteiger partial charge in [-0.25, -0.2) is 9.80 Å². The highest BCUT2D eigenvalue weighted by atomic mass is 16.5. The zero-order valence-corrected chi connectivity index (χ0v) is 20.2. The van der Waals surface area contributed by atoms with Gasteiger partial charge in [0.25, 0.3) is 5.91 Å². The summed E-state index contributed by atoms with van der Waals surface area (Å²) in [5.74, 6) is -0.352. The fourth-order valence-corrected chi connectivity index (χ4v) is 4.04. The number of hydrogen-bond donors (Lipinski definition) is 0. The predicted molar refractivity (Wildman–Crippen MR) is 132 cm³/mol. The van der Waals surface area contributed by atoms with Crippen molar-refractivity contribution in [3.8, 4) is 0 Å². The van der Waals surface area contributed by atoms with Crippen molar-refractivity contribution in [2.75, 3.05) is 11.6 Å². The first-order valence-corrected chi connectivity index (χ1v) is 12.8. The summed E-state index contributed by atoms with van der Waals surface area (Å²) in [6, 6.07) is 6.87. The molecule has 1 aliphatic rings. The van der Waals surface area contributed by atoms with Gasteiger partial charge in [0.2, 0.25) is 0 Å². The summed E-state index contributed by atoms with van der Waals surface area (Å²) in [6.45, 7) is 4.57. The largest absolute Gasteiger partial charge is 0.462 e. The number of carbonyl (C=O) groups excluding carboxylic acids is 2. The Kier molecular flexibility index (Phi) is 12.7. The summed E-state index contributed by atoms with van der Waals surface area (Å²) >= 11 is 0. The van der Waals surface area contributed by atoms with Crippen LogP contribution in [-0.4, -0.2) is 24.2 Å². The van der Waals surface area contributed by atoms with Crippen molar-refractivity contribution >= 4 is 23.3 Å². The first-order valence-electron chi connectivity index (χ1n) is 12.8. The van der Waals surface area contributed by atoms with E-state index in [1.165, 1.54) is 82.1 Å². The first kappa shape index (κ1) is 26.1. The van der Waals surface area contributed by atoms with Gasteiger partial charge >= 0.3 is 5.97 Å². The minimum absolute atomic E-state index is 0.0457. The topological polar surface area (TPSA) is 59.0 Å². The minimum atomic E-state index is -0.307. The van der Waals surface area contributed by atoms with Crippen LogP contribution in [0.4, 0.5) is 5.69 Å². The number of carbonyl (C=O) groups is 2. The number of amides is 1. The van der Waals surface area contributed by atoms with Gasteiger partial charge in [-0.1, -0.05) is 90.4 Å². The molecule has 0 unspecified atom stereocenters. The summed E-state index contributed by atoms with van der Waals surface area (Å²) in [7, 11) is 0. The Labute approximate surface area is 194 Å². The first-order chi connectivity index (χ1) is 15.6. The molecule has 1 aromatic rings. The number of benzene rings is 1. The molecule has 32 heavy (non-hydrogen) atoms. The molecule has 0 fully saturated rings. The molecule has 0 saturated carbocycles. The van der Waals surface area contributed by atoms with Gasteiger partial charge in [-0.3, -0.25) is 4.79 Å². The molecule has 1 aliphatic heterocycles. The Morgan fingerprint density at radius 2 is 1.34 bits per heavy atom. The number of anilines is 1. The van der Waals surface area contributed by atoms with Crippen LogP contribution in [0.2, 0.25) is 0 Å². The third-order valence-corrected chi connectivity index (χ3v) is 5.99. The molecule has 1 amide bonds. The minimum Gasteiger partial charge on any atom is -0.462 e. The van der Waals surface area contributed by atoms with Crippen LogP contribution in [0.3, 0.4) is 0 Å². The van der Waals surface area contributed by atoms with E-state index in [1.807, 2.05) is 6.92 Å². The third-order valence-electron chi connectivity index (χ3n) is 5.99. The molecular weight excluding hydrogens is 400 g/mol. The zero-order valence-electron chi connectivity index (χ0n) is 20.2. The molecule has 2 rings (SSSR count). The van der Waals surface area contributed by atoms with Crippen molar-refractivity contribution in [2.45, 2.75) is 110 Å². The lowest BCUT2D eigenvalue weighted by Gasteiger charge is -2.12. The van der Waals surface area contributed by atoms with Crippen molar-refractivity contribution in [3.05, 3.63) is 29.8 Å². The standard InChI is InChI=1S/C27H42N2O3/c1-3-4-5-6-7-8-9-10-11-12-13-14-15-16-21-32-27(31)24-17-19-25(20-18-24)29-26(30)22-23(2)28-29/h17-20H,3-16,21-22H2,1-2H3. The molecule has 178 valence electrons. The van der Waals surface area contributed by atoms with Gasteiger partial charge in [0.15, 0.2) is 0 Å². The van der Waals surface area contributed by atoms with Gasteiger partial charge < -0.3 is 4.74 Å². The van der Waals surface area contributed by atoms with Gasteiger partial charge in [0, 0.05) is 5.71 Å². The molecule has 1 aromatic carbocycles. The van der Waals surface area contributed by atoms with Crippen molar-refractivity contribution in [2.24, 2.45) is 5.10 Å². The monoisotopic (exact) mass is 442 g/mol. The lowest BCUT2D eigenvalue weighted by molar-refractivity contribution is -0.116. The van der Waals surface area contributed by atoms with Crippen LogP contribution in [-0.2, 0) is 9.53 Å². The van der Waals surface area contributed by atoms with E-state index in [4.69, 9.17) is 4.74 Å². The molecule has 0 spiro atoms. The predicted octanol–water partition coefficient (Wildman–Crippen LogP) is 7.44. The number of unbranched alkanes of at least 4 members (excludes halogenated alkanes) is 13. The van der Waals surface area contributed by atoms with E-state index >= 15 is 0 Å². The molecular formula is C27H42N2O3. The summed E-state index contributed by atoms with van der Waals surface area (Å²) in [5, 5.41) is 5.61. The maximum Gasteiger partial charge on any atom is 0.338 e. The number of esters is 1. The van der Waals surface area contributed by atoms with E-state index in [0.29, 0.717) is 24.3 Å². The second-order valence-electron chi connectivity index (χ2n) is 9.00. The molecule has 0 aliphatic carbocycles. The van der Waals surface area contributed by atoms with E-state index < -0.39 is 0 Å². The van der Waals surface area contributed by atoms with Gasteiger partial charge in [-0.15, -0.1) is 0 Å². The summed E-state index contributed by atoms with van der Waals surface area (Å²) in [6.07, 6.45) is 18.7. The maximum atomic E-state index is 12.2. The highest BCUT2D eigenvalue weighted by Gasteiger charge is 2.22. The van der Waals surface area contributed by atoms with Gasteiger partial charge in [0.1, 0.15) is 0 Å². The molecule has 0 radical (unpaired) electrons. The van der Waals surface area contributed by atoms with E-state index in [0.717, 1.165) is 18.6 Å². The van der Waals surface area contributed by atoms with Crippen LogP contribution < -0.4 is 5.01 Å². The number of hydrogen-bond acceptors (Lipinski definition) is 4. The number of hydrazone groups is 1. The lowest BCUT2D eigenvalue weighted by Crippen LogP contribution is -2.19. The highest BCUT2D eigenvalue weighted by Crippen LogP contribution is 2.21. The van der Waals surface area contributed by atoms with Crippen LogP contribution in [0.25, 0.3) is 0 Å². The average molecular weight is 443 g/mol.